The Kier molecular flexibility index (Phi) is 7.95. The predicted octanol–water partition coefficient (Wildman–Crippen LogP) is 5.09. The number of benzene rings is 3. The van der Waals surface area contributed by atoms with Crippen molar-refractivity contribution in [3.8, 4) is 17.2 Å². The molecule has 36 heavy (non-hydrogen) atoms. The van der Waals surface area contributed by atoms with Crippen LogP contribution in [0, 0.1) is 0 Å². The summed E-state index contributed by atoms with van der Waals surface area (Å²) < 4.78 is 22.2. The number of nitrogens with one attached hydrogen (secondary N) is 1. The number of carbonyl (C=O) groups excluding carboxylic acids is 2. The molecule has 2 amide bonds. The number of nitrogens with zero attached hydrogens (tertiary/aromatic N) is 1. The molecule has 0 spiro atoms. The van der Waals surface area contributed by atoms with Gasteiger partial charge in [-0.25, -0.2) is 9.59 Å². The van der Waals surface area contributed by atoms with Crippen molar-refractivity contribution in [3.05, 3.63) is 83.4 Å². The van der Waals surface area contributed by atoms with E-state index in [1.807, 2.05) is 42.5 Å². The first-order chi connectivity index (χ1) is 17.5. The van der Waals surface area contributed by atoms with Crippen molar-refractivity contribution in [1.82, 2.24) is 4.90 Å². The summed E-state index contributed by atoms with van der Waals surface area (Å²) in [7, 11) is 3.19. The van der Waals surface area contributed by atoms with Crippen LogP contribution in [0.5, 0.6) is 17.2 Å². The summed E-state index contributed by atoms with van der Waals surface area (Å²) in [6, 6.07) is 19.4. The topological polar surface area (TPSA) is 86.3 Å². The Hall–Kier alpha value is -4.20. The zero-order valence-electron chi connectivity index (χ0n) is 20.7. The third-order valence-electron chi connectivity index (χ3n) is 6.06. The van der Waals surface area contributed by atoms with Gasteiger partial charge in [0.15, 0.2) is 11.5 Å². The number of urea groups is 1. The van der Waals surface area contributed by atoms with Crippen molar-refractivity contribution in [2.45, 2.75) is 19.4 Å². The highest BCUT2D eigenvalue weighted by atomic mass is 16.5. The lowest BCUT2D eigenvalue weighted by molar-refractivity contribution is 0.0526. The second-order valence-corrected chi connectivity index (χ2v) is 8.22. The van der Waals surface area contributed by atoms with Crippen LogP contribution in [0.25, 0.3) is 0 Å². The molecule has 0 saturated heterocycles. The number of hydrogen-bond donors (Lipinski definition) is 1. The van der Waals surface area contributed by atoms with Gasteiger partial charge in [0, 0.05) is 12.2 Å². The number of carbonyl (C=O) groups is 2. The Bertz CT molecular complexity index is 1200. The normalized spacial score (nSPS) is 14.4. The zero-order chi connectivity index (χ0) is 25.5. The molecule has 0 bridgehead atoms. The summed E-state index contributed by atoms with van der Waals surface area (Å²) in [5, 5.41) is 2.98. The van der Waals surface area contributed by atoms with Gasteiger partial charge in [-0.3, -0.25) is 0 Å². The van der Waals surface area contributed by atoms with Gasteiger partial charge < -0.3 is 29.2 Å². The summed E-state index contributed by atoms with van der Waals surface area (Å²) in [5.41, 5.74) is 3.18. The molecule has 3 aromatic rings. The Morgan fingerprint density at radius 1 is 0.972 bits per heavy atom. The molecule has 1 atom stereocenters. The number of anilines is 1. The molecule has 0 saturated carbocycles. The Morgan fingerprint density at radius 2 is 1.67 bits per heavy atom. The van der Waals surface area contributed by atoms with Crippen molar-refractivity contribution in [2.24, 2.45) is 0 Å². The van der Waals surface area contributed by atoms with E-state index in [0.717, 1.165) is 16.8 Å². The van der Waals surface area contributed by atoms with Gasteiger partial charge in [0.1, 0.15) is 12.4 Å². The molecule has 1 N–H and O–H groups in total. The molecule has 0 fully saturated rings. The number of rotatable bonds is 8. The van der Waals surface area contributed by atoms with E-state index in [0.29, 0.717) is 42.4 Å². The van der Waals surface area contributed by atoms with E-state index in [4.69, 9.17) is 18.9 Å². The van der Waals surface area contributed by atoms with Crippen molar-refractivity contribution < 1.29 is 28.5 Å². The highest BCUT2D eigenvalue weighted by molar-refractivity contribution is 5.90. The van der Waals surface area contributed by atoms with E-state index < -0.39 is 0 Å². The van der Waals surface area contributed by atoms with E-state index in [1.54, 1.807) is 50.3 Å². The lowest BCUT2D eigenvalue weighted by atomic mass is 9.92. The molecule has 1 heterocycles. The van der Waals surface area contributed by atoms with Gasteiger partial charge in [-0.15, -0.1) is 0 Å². The van der Waals surface area contributed by atoms with E-state index in [1.165, 1.54) is 0 Å². The average Bonchev–Trinajstić information content (AvgIpc) is 2.91. The van der Waals surface area contributed by atoms with E-state index in [-0.39, 0.29) is 24.6 Å². The van der Waals surface area contributed by atoms with Crippen LogP contribution in [-0.4, -0.2) is 50.9 Å². The van der Waals surface area contributed by atoms with Crippen molar-refractivity contribution in [2.75, 3.05) is 39.3 Å². The quantitative estimate of drug-likeness (QED) is 0.443. The van der Waals surface area contributed by atoms with Gasteiger partial charge in [0.25, 0.3) is 0 Å². The van der Waals surface area contributed by atoms with Crippen LogP contribution in [0.4, 0.5) is 10.5 Å². The number of fused-ring (bicyclic) bond motifs is 1. The smallest absolute Gasteiger partial charge is 0.338 e. The fraction of sp³-hybridized carbons (Fsp3) is 0.286. The Balaban J connectivity index is 1.59. The second kappa shape index (κ2) is 11.5. The van der Waals surface area contributed by atoms with Crippen LogP contribution in [0.1, 0.15) is 34.5 Å². The zero-order valence-corrected chi connectivity index (χ0v) is 20.7. The number of amides is 2. The summed E-state index contributed by atoms with van der Waals surface area (Å²) in [5.74, 6) is 1.44. The first-order valence-electron chi connectivity index (χ1n) is 11.8. The van der Waals surface area contributed by atoms with Crippen LogP contribution in [0.15, 0.2) is 66.7 Å². The molecule has 0 unspecified atom stereocenters. The molecule has 0 aromatic heterocycles. The predicted molar refractivity (Wildman–Crippen MR) is 136 cm³/mol. The van der Waals surface area contributed by atoms with Crippen LogP contribution >= 0.6 is 0 Å². The van der Waals surface area contributed by atoms with Crippen molar-refractivity contribution in [3.63, 3.8) is 0 Å². The fourth-order valence-electron chi connectivity index (χ4n) is 4.24. The lowest BCUT2D eigenvalue weighted by Crippen LogP contribution is -2.44. The first-order valence-corrected chi connectivity index (χ1v) is 11.8. The number of para-hydroxylation sites is 1. The van der Waals surface area contributed by atoms with E-state index in [2.05, 4.69) is 5.32 Å². The molecule has 1 aliphatic heterocycles. The van der Waals surface area contributed by atoms with Gasteiger partial charge in [-0.05, 0) is 73.0 Å². The molecule has 1 aliphatic rings. The number of ether oxygens (including phenoxy) is 4. The van der Waals surface area contributed by atoms with Crippen molar-refractivity contribution >= 4 is 17.7 Å². The molecule has 0 radical (unpaired) electrons. The lowest BCUT2D eigenvalue weighted by Gasteiger charge is -2.37. The third-order valence-corrected chi connectivity index (χ3v) is 6.06. The first kappa shape index (κ1) is 24.9. The maximum Gasteiger partial charge on any atom is 0.338 e. The molecule has 8 heteroatoms. The number of hydrogen-bond acceptors (Lipinski definition) is 6. The summed E-state index contributed by atoms with van der Waals surface area (Å²) >= 11 is 0. The van der Waals surface area contributed by atoms with Crippen LogP contribution in [0.2, 0.25) is 0 Å². The number of esters is 1. The molecular weight excluding hydrogens is 460 g/mol. The van der Waals surface area contributed by atoms with Gasteiger partial charge in [-0.1, -0.05) is 18.2 Å². The maximum absolute atomic E-state index is 13.3. The van der Waals surface area contributed by atoms with Gasteiger partial charge in [0.2, 0.25) is 0 Å². The molecule has 4 rings (SSSR count). The molecule has 188 valence electrons. The summed E-state index contributed by atoms with van der Waals surface area (Å²) in [4.78, 5) is 27.0. The van der Waals surface area contributed by atoms with Gasteiger partial charge in [0.05, 0.1) is 32.4 Å². The van der Waals surface area contributed by atoms with Crippen LogP contribution in [-0.2, 0) is 11.2 Å². The molecule has 3 aromatic carbocycles. The highest BCUT2D eigenvalue weighted by Crippen LogP contribution is 2.38. The third kappa shape index (κ3) is 5.54. The molecular formula is C28H30N2O6. The summed E-state index contributed by atoms with van der Waals surface area (Å²) in [6.07, 6.45) is 0.669. The Labute approximate surface area is 210 Å². The Morgan fingerprint density at radius 3 is 2.33 bits per heavy atom. The van der Waals surface area contributed by atoms with Crippen molar-refractivity contribution in [1.29, 1.82) is 0 Å². The van der Waals surface area contributed by atoms with Gasteiger partial charge >= 0.3 is 12.0 Å². The monoisotopic (exact) mass is 490 g/mol. The van der Waals surface area contributed by atoms with Crippen LogP contribution < -0.4 is 19.5 Å². The largest absolute Gasteiger partial charge is 0.493 e. The minimum absolute atomic E-state index is 0.212. The average molecular weight is 491 g/mol. The fourth-order valence-corrected chi connectivity index (χ4v) is 4.24. The maximum atomic E-state index is 13.3. The molecule has 0 aliphatic carbocycles. The molecule has 8 nitrogen and oxygen atoms in total. The minimum Gasteiger partial charge on any atom is -0.493 e. The van der Waals surface area contributed by atoms with Gasteiger partial charge in [-0.2, -0.15) is 0 Å². The van der Waals surface area contributed by atoms with E-state index >= 15 is 0 Å². The summed E-state index contributed by atoms with van der Waals surface area (Å²) in [6.45, 7) is 2.80. The highest BCUT2D eigenvalue weighted by Gasteiger charge is 2.33. The van der Waals surface area contributed by atoms with Crippen LogP contribution in [0.3, 0.4) is 0 Å². The number of methoxy groups -OCH3 is 2. The minimum atomic E-state index is -0.380. The SMILES string of the molecule is CCOC(=O)c1ccc(OC[C@@H]2c3cc(OC)c(OC)cc3CCN2C(=O)Nc2ccccc2)cc1. The van der Waals surface area contributed by atoms with E-state index in [9.17, 15) is 9.59 Å². The second-order valence-electron chi connectivity index (χ2n) is 8.22. The standard InChI is InChI=1S/C28H30N2O6/c1-4-35-27(31)19-10-12-22(13-11-19)36-18-24-23-17-26(34-3)25(33-2)16-20(23)14-15-30(24)28(32)29-21-8-6-5-7-9-21/h5-13,16-17,24H,4,14-15,18H2,1-3H3,(H,29,32)/t24-/m1/s1.